The van der Waals surface area contributed by atoms with E-state index in [4.69, 9.17) is 9.47 Å². The summed E-state index contributed by atoms with van der Waals surface area (Å²) in [5, 5.41) is 0. The zero-order valence-electron chi connectivity index (χ0n) is 20.3. The van der Waals surface area contributed by atoms with E-state index in [1.54, 1.807) is 25.6 Å². The summed E-state index contributed by atoms with van der Waals surface area (Å²) in [4.78, 5) is 34.6. The topological polar surface area (TPSA) is 72.0 Å². The molecule has 2 bridgehead atoms. The Kier molecular flexibility index (Phi) is 7.83. The summed E-state index contributed by atoms with van der Waals surface area (Å²) in [6, 6.07) is 9.20. The van der Waals surface area contributed by atoms with Crippen LogP contribution in [0.1, 0.15) is 58.4 Å². The molecule has 0 N–H and O–H groups in total. The average molecular weight is 466 g/mol. The van der Waals surface area contributed by atoms with E-state index in [2.05, 4.69) is 4.98 Å². The number of methoxy groups -OCH3 is 1. The maximum atomic E-state index is 13.4. The Bertz CT molecular complexity index is 1000. The van der Waals surface area contributed by atoms with Gasteiger partial charge in [-0.05, 0) is 61.8 Å². The van der Waals surface area contributed by atoms with E-state index in [-0.39, 0.29) is 17.2 Å². The highest BCUT2D eigenvalue weighted by atomic mass is 16.5. The summed E-state index contributed by atoms with van der Waals surface area (Å²) in [6.45, 7) is 5.51. The van der Waals surface area contributed by atoms with E-state index in [1.807, 2.05) is 41.0 Å². The molecule has 1 aromatic heterocycles. The van der Waals surface area contributed by atoms with Gasteiger partial charge in [-0.1, -0.05) is 18.6 Å². The molecule has 5 rings (SSSR count). The molecule has 0 saturated carbocycles. The van der Waals surface area contributed by atoms with Crippen LogP contribution in [0.4, 0.5) is 0 Å². The summed E-state index contributed by atoms with van der Waals surface area (Å²) in [5.41, 5.74) is 2.20. The number of nitrogens with zero attached hydrogens (tertiary/aromatic N) is 3. The smallest absolute Gasteiger partial charge is 0.257 e. The SMILES string of the molecule is COCC12CCCCN(C(=O)c3ccncc3C)CCOc3ccccc3C(=O)N(CC1)CC2. The van der Waals surface area contributed by atoms with Gasteiger partial charge in [-0.3, -0.25) is 14.6 Å². The summed E-state index contributed by atoms with van der Waals surface area (Å²) in [5.74, 6) is 0.580. The molecule has 7 heteroatoms. The molecule has 2 amide bonds. The number of aryl methyl sites for hydroxylation is 1. The monoisotopic (exact) mass is 465 g/mol. The first-order valence-electron chi connectivity index (χ1n) is 12.2. The third kappa shape index (κ3) is 5.41. The van der Waals surface area contributed by atoms with Gasteiger partial charge in [0.1, 0.15) is 12.4 Å². The number of aromatic nitrogens is 1. The molecule has 1 fully saturated rings. The van der Waals surface area contributed by atoms with Gasteiger partial charge >= 0.3 is 0 Å². The fourth-order valence-corrected chi connectivity index (χ4v) is 5.16. The number of hydrogen-bond acceptors (Lipinski definition) is 5. The number of ether oxygens (including phenoxy) is 2. The molecule has 1 aromatic carbocycles. The predicted octanol–water partition coefficient (Wildman–Crippen LogP) is 3.96. The van der Waals surface area contributed by atoms with Crippen LogP contribution < -0.4 is 4.74 Å². The lowest BCUT2D eigenvalue weighted by Gasteiger charge is -2.41. The fraction of sp³-hybridized carbons (Fsp3) is 0.519. The Morgan fingerprint density at radius 3 is 2.65 bits per heavy atom. The molecular weight excluding hydrogens is 430 g/mol. The summed E-state index contributed by atoms with van der Waals surface area (Å²) >= 11 is 0. The van der Waals surface area contributed by atoms with E-state index < -0.39 is 0 Å². The first-order chi connectivity index (χ1) is 16.5. The van der Waals surface area contributed by atoms with Crippen LogP contribution in [0.3, 0.4) is 0 Å². The molecule has 3 aliphatic heterocycles. The van der Waals surface area contributed by atoms with Gasteiger partial charge in [0.15, 0.2) is 0 Å². The van der Waals surface area contributed by atoms with Crippen LogP contribution in [0.15, 0.2) is 42.7 Å². The number of piperidine rings is 1. The number of carbonyl (C=O) groups is 2. The van der Waals surface area contributed by atoms with Gasteiger partial charge < -0.3 is 19.3 Å². The number of benzene rings is 1. The lowest BCUT2D eigenvalue weighted by molar-refractivity contribution is 0.0136. The second-order valence-electron chi connectivity index (χ2n) is 9.51. The molecule has 2 aromatic rings. The summed E-state index contributed by atoms with van der Waals surface area (Å²) in [7, 11) is 1.76. The molecule has 0 spiro atoms. The second kappa shape index (κ2) is 11.0. The third-order valence-electron chi connectivity index (χ3n) is 7.22. The molecule has 1 saturated heterocycles. The van der Waals surface area contributed by atoms with E-state index in [0.29, 0.717) is 43.2 Å². The van der Waals surface area contributed by atoms with Crippen LogP contribution in [0.5, 0.6) is 5.75 Å². The normalized spacial score (nSPS) is 19.1. The van der Waals surface area contributed by atoms with Crippen molar-refractivity contribution < 1.29 is 19.1 Å². The molecule has 34 heavy (non-hydrogen) atoms. The minimum atomic E-state index is -0.00387. The Morgan fingerprint density at radius 2 is 1.88 bits per heavy atom. The molecule has 0 aliphatic carbocycles. The van der Waals surface area contributed by atoms with Crippen molar-refractivity contribution in [2.75, 3.05) is 46.5 Å². The standard InChI is InChI=1S/C27H35N3O4/c1-21-19-28-13-9-22(21)25(31)29-14-6-5-10-27(20-33-2)11-15-30(16-12-27)26(32)23-7-3-4-8-24(23)34-18-17-29/h3-4,7-9,13,19H,5-6,10-12,14-18,20H2,1-2H3. The Hall–Kier alpha value is -2.93. The van der Waals surface area contributed by atoms with Crippen molar-refractivity contribution in [3.05, 3.63) is 59.4 Å². The predicted molar refractivity (Wildman–Crippen MR) is 130 cm³/mol. The van der Waals surface area contributed by atoms with Crippen LogP contribution in [-0.2, 0) is 4.74 Å². The number of para-hydroxylation sites is 1. The Balaban J connectivity index is 1.59. The van der Waals surface area contributed by atoms with E-state index in [1.165, 1.54) is 0 Å². The number of rotatable bonds is 3. The van der Waals surface area contributed by atoms with Gasteiger partial charge in [0, 0.05) is 44.7 Å². The van der Waals surface area contributed by atoms with Crippen molar-refractivity contribution in [1.82, 2.24) is 14.8 Å². The first kappa shape index (κ1) is 24.2. The maximum absolute atomic E-state index is 13.4. The highest BCUT2D eigenvalue weighted by Gasteiger charge is 2.36. The van der Waals surface area contributed by atoms with Gasteiger partial charge in [-0.25, -0.2) is 0 Å². The number of hydrogen-bond donors (Lipinski definition) is 0. The van der Waals surface area contributed by atoms with Crippen molar-refractivity contribution in [2.45, 2.75) is 39.0 Å². The molecular formula is C27H35N3O4. The van der Waals surface area contributed by atoms with E-state index in [0.717, 1.165) is 50.8 Å². The van der Waals surface area contributed by atoms with Crippen LogP contribution in [0, 0.1) is 12.3 Å². The molecule has 0 radical (unpaired) electrons. The Morgan fingerprint density at radius 1 is 1.09 bits per heavy atom. The average Bonchev–Trinajstić information content (AvgIpc) is 2.86. The lowest BCUT2D eigenvalue weighted by atomic mass is 9.75. The quantitative estimate of drug-likeness (QED) is 0.686. The van der Waals surface area contributed by atoms with Crippen molar-refractivity contribution in [3.63, 3.8) is 0 Å². The summed E-state index contributed by atoms with van der Waals surface area (Å²) < 4.78 is 11.7. The largest absolute Gasteiger partial charge is 0.491 e. The van der Waals surface area contributed by atoms with Crippen molar-refractivity contribution >= 4 is 11.8 Å². The van der Waals surface area contributed by atoms with Crippen molar-refractivity contribution in [1.29, 1.82) is 0 Å². The molecule has 3 aliphatic rings. The minimum absolute atomic E-state index is 0.00387. The minimum Gasteiger partial charge on any atom is -0.491 e. The van der Waals surface area contributed by atoms with Crippen LogP contribution in [0.2, 0.25) is 0 Å². The molecule has 7 nitrogen and oxygen atoms in total. The fourth-order valence-electron chi connectivity index (χ4n) is 5.16. The zero-order valence-corrected chi connectivity index (χ0v) is 20.3. The highest BCUT2D eigenvalue weighted by molar-refractivity contribution is 5.97. The van der Waals surface area contributed by atoms with E-state index >= 15 is 0 Å². The van der Waals surface area contributed by atoms with Gasteiger partial charge in [-0.2, -0.15) is 0 Å². The van der Waals surface area contributed by atoms with Crippen LogP contribution >= 0.6 is 0 Å². The third-order valence-corrected chi connectivity index (χ3v) is 7.22. The molecule has 4 heterocycles. The van der Waals surface area contributed by atoms with Crippen molar-refractivity contribution in [3.8, 4) is 5.75 Å². The molecule has 0 unspecified atom stereocenters. The van der Waals surface area contributed by atoms with Crippen LogP contribution in [0.25, 0.3) is 0 Å². The number of fused-ring (bicyclic) bond motifs is 9. The molecule has 0 atom stereocenters. The number of amides is 2. The summed E-state index contributed by atoms with van der Waals surface area (Å²) in [6.07, 6.45) is 8.19. The van der Waals surface area contributed by atoms with Gasteiger partial charge in [0.2, 0.25) is 0 Å². The maximum Gasteiger partial charge on any atom is 0.257 e. The molecule has 182 valence electrons. The van der Waals surface area contributed by atoms with Gasteiger partial charge in [0.05, 0.1) is 18.7 Å². The van der Waals surface area contributed by atoms with Gasteiger partial charge in [0.25, 0.3) is 11.8 Å². The number of pyridine rings is 1. The van der Waals surface area contributed by atoms with Gasteiger partial charge in [-0.15, -0.1) is 0 Å². The van der Waals surface area contributed by atoms with Crippen molar-refractivity contribution in [2.24, 2.45) is 5.41 Å². The van der Waals surface area contributed by atoms with Crippen LogP contribution in [-0.4, -0.2) is 73.1 Å². The second-order valence-corrected chi connectivity index (χ2v) is 9.51. The highest BCUT2D eigenvalue weighted by Crippen LogP contribution is 2.38. The zero-order chi connectivity index (χ0) is 24.0. The lowest BCUT2D eigenvalue weighted by Crippen LogP contribution is -2.45. The first-order valence-corrected chi connectivity index (χ1v) is 12.2. The Labute approximate surface area is 202 Å². The number of carbonyl (C=O) groups excluding carboxylic acids is 2. The van der Waals surface area contributed by atoms with E-state index in [9.17, 15) is 9.59 Å².